The Morgan fingerprint density at radius 2 is 2.08 bits per heavy atom. The van der Waals surface area contributed by atoms with Gasteiger partial charge in [-0.05, 0) is 24.6 Å². The van der Waals surface area contributed by atoms with Crippen molar-refractivity contribution in [2.45, 2.75) is 12.8 Å². The zero-order valence-corrected chi connectivity index (χ0v) is 13.9. The van der Waals surface area contributed by atoms with Crippen LogP contribution in [0, 0.1) is 18.3 Å². The standard InChI is InChI=1S/C16H11Cl2N3O3/c1-7-4-12-14(16(22)21(7)23)13(10(6-19)15(20)24-12)9-3-2-8(17)5-11(9)18/h2-5,13,23H,20H2,1H3/t13-/m0/s1. The Bertz CT molecular complexity index is 989. The van der Waals surface area contributed by atoms with Gasteiger partial charge < -0.3 is 15.7 Å². The van der Waals surface area contributed by atoms with Crippen molar-refractivity contribution >= 4 is 23.2 Å². The molecule has 2 aromatic rings. The van der Waals surface area contributed by atoms with Crippen molar-refractivity contribution in [1.82, 2.24) is 4.73 Å². The van der Waals surface area contributed by atoms with Crippen LogP contribution in [0.5, 0.6) is 5.75 Å². The van der Waals surface area contributed by atoms with Crippen molar-refractivity contribution in [1.29, 1.82) is 5.26 Å². The minimum Gasteiger partial charge on any atom is -0.440 e. The molecule has 8 heteroatoms. The third kappa shape index (κ3) is 2.39. The van der Waals surface area contributed by atoms with E-state index in [9.17, 15) is 15.3 Å². The molecule has 1 atom stereocenters. The van der Waals surface area contributed by atoms with Crippen molar-refractivity contribution in [2.24, 2.45) is 5.73 Å². The smallest absolute Gasteiger partial charge is 0.291 e. The number of benzene rings is 1. The molecular formula is C16H11Cl2N3O3. The van der Waals surface area contributed by atoms with Gasteiger partial charge >= 0.3 is 0 Å². The molecule has 0 saturated carbocycles. The van der Waals surface area contributed by atoms with Crippen LogP contribution < -0.4 is 16.0 Å². The van der Waals surface area contributed by atoms with Gasteiger partial charge in [0, 0.05) is 16.1 Å². The maximum Gasteiger partial charge on any atom is 0.291 e. The Hall–Kier alpha value is -2.62. The van der Waals surface area contributed by atoms with Crippen molar-refractivity contribution in [3.63, 3.8) is 0 Å². The monoisotopic (exact) mass is 363 g/mol. The van der Waals surface area contributed by atoms with Crippen LogP contribution in [0.1, 0.15) is 22.7 Å². The van der Waals surface area contributed by atoms with Crippen LogP contribution in [0.3, 0.4) is 0 Å². The summed E-state index contributed by atoms with van der Waals surface area (Å²) in [6, 6.07) is 8.12. The molecule has 6 nitrogen and oxygen atoms in total. The molecule has 1 aromatic heterocycles. The van der Waals surface area contributed by atoms with Gasteiger partial charge in [0.2, 0.25) is 5.88 Å². The highest BCUT2D eigenvalue weighted by molar-refractivity contribution is 6.35. The topological polar surface area (TPSA) is 101 Å². The summed E-state index contributed by atoms with van der Waals surface area (Å²) < 4.78 is 5.90. The van der Waals surface area contributed by atoms with Gasteiger partial charge in [-0.25, -0.2) is 0 Å². The predicted octanol–water partition coefficient (Wildman–Crippen LogP) is 2.92. The van der Waals surface area contributed by atoms with E-state index in [-0.39, 0.29) is 33.5 Å². The Morgan fingerprint density at radius 3 is 2.71 bits per heavy atom. The molecule has 0 bridgehead atoms. The molecule has 1 aromatic carbocycles. The number of aromatic nitrogens is 1. The number of aryl methyl sites for hydroxylation is 1. The third-order valence-electron chi connectivity index (χ3n) is 3.82. The number of halogens is 2. The predicted molar refractivity (Wildman–Crippen MR) is 88.4 cm³/mol. The number of pyridine rings is 1. The molecule has 0 unspecified atom stereocenters. The lowest BCUT2D eigenvalue weighted by molar-refractivity contribution is 0.165. The van der Waals surface area contributed by atoms with Crippen LogP contribution in [0.25, 0.3) is 0 Å². The van der Waals surface area contributed by atoms with Crippen LogP contribution in [-0.2, 0) is 0 Å². The molecule has 0 spiro atoms. The Kier molecular flexibility index (Phi) is 3.91. The second kappa shape index (κ2) is 5.78. The summed E-state index contributed by atoms with van der Waals surface area (Å²) >= 11 is 12.2. The molecular weight excluding hydrogens is 353 g/mol. The number of hydrogen-bond donors (Lipinski definition) is 2. The number of nitrogens with zero attached hydrogens (tertiary/aromatic N) is 2. The number of ether oxygens (including phenoxy) is 1. The highest BCUT2D eigenvalue weighted by atomic mass is 35.5. The average Bonchev–Trinajstić information content (AvgIpc) is 2.52. The quantitative estimate of drug-likeness (QED) is 0.758. The summed E-state index contributed by atoms with van der Waals surface area (Å²) in [5.74, 6) is -0.805. The summed E-state index contributed by atoms with van der Waals surface area (Å²) in [5, 5.41) is 20.1. The molecule has 2 heterocycles. The largest absolute Gasteiger partial charge is 0.440 e. The van der Waals surface area contributed by atoms with Gasteiger partial charge in [0.15, 0.2) is 0 Å². The molecule has 1 aliphatic rings. The second-order valence-electron chi connectivity index (χ2n) is 5.27. The van der Waals surface area contributed by atoms with Gasteiger partial charge in [0.05, 0.1) is 17.2 Å². The van der Waals surface area contributed by atoms with Crippen LogP contribution in [0.4, 0.5) is 0 Å². The van der Waals surface area contributed by atoms with Crippen LogP contribution >= 0.6 is 23.2 Å². The van der Waals surface area contributed by atoms with Crippen LogP contribution in [0.15, 0.2) is 40.5 Å². The summed E-state index contributed by atoms with van der Waals surface area (Å²) in [6.45, 7) is 1.54. The van der Waals surface area contributed by atoms with E-state index in [2.05, 4.69) is 0 Å². The maximum atomic E-state index is 12.6. The third-order valence-corrected chi connectivity index (χ3v) is 4.38. The number of hydrogen-bond acceptors (Lipinski definition) is 5. The van der Waals surface area contributed by atoms with E-state index in [0.717, 1.165) is 0 Å². The SMILES string of the molecule is Cc1cc2c(c(=O)n1O)[C@@H](c1ccc(Cl)cc1Cl)C(C#N)=C(N)O2. The fraction of sp³-hybridized carbons (Fsp3) is 0.125. The van der Waals surface area contributed by atoms with Crippen LogP contribution in [-0.4, -0.2) is 9.94 Å². The molecule has 3 rings (SSSR count). The van der Waals surface area contributed by atoms with E-state index in [1.165, 1.54) is 19.1 Å². The summed E-state index contributed by atoms with van der Waals surface area (Å²) in [6.07, 6.45) is 0. The highest BCUT2D eigenvalue weighted by Crippen LogP contribution is 2.43. The van der Waals surface area contributed by atoms with E-state index < -0.39 is 11.5 Å². The van der Waals surface area contributed by atoms with E-state index in [4.69, 9.17) is 33.7 Å². The number of allylic oxidation sites excluding steroid dienone is 1. The van der Waals surface area contributed by atoms with Gasteiger partial charge in [-0.15, -0.1) is 0 Å². The fourth-order valence-electron chi connectivity index (χ4n) is 2.68. The van der Waals surface area contributed by atoms with E-state index >= 15 is 0 Å². The molecule has 24 heavy (non-hydrogen) atoms. The molecule has 3 N–H and O–H groups in total. The summed E-state index contributed by atoms with van der Waals surface area (Å²) in [5.41, 5.74) is 5.99. The van der Waals surface area contributed by atoms with Gasteiger partial charge in [0.25, 0.3) is 5.56 Å². The fourth-order valence-corrected chi connectivity index (χ4v) is 3.20. The number of rotatable bonds is 1. The lowest BCUT2D eigenvalue weighted by Crippen LogP contribution is -2.32. The van der Waals surface area contributed by atoms with Crippen molar-refractivity contribution < 1.29 is 9.94 Å². The second-order valence-corrected chi connectivity index (χ2v) is 6.11. The first kappa shape index (κ1) is 16.2. The average molecular weight is 364 g/mol. The lowest BCUT2D eigenvalue weighted by atomic mass is 9.84. The first-order valence-electron chi connectivity index (χ1n) is 6.83. The first-order chi connectivity index (χ1) is 11.3. The van der Waals surface area contributed by atoms with Gasteiger partial charge in [-0.1, -0.05) is 29.3 Å². The number of nitriles is 1. The molecule has 0 radical (unpaired) electrons. The Balaban J connectivity index is 2.38. The van der Waals surface area contributed by atoms with Gasteiger partial charge in [-0.3, -0.25) is 4.79 Å². The van der Waals surface area contributed by atoms with Crippen molar-refractivity contribution in [3.05, 3.63) is 72.9 Å². The molecule has 1 aliphatic heterocycles. The zero-order valence-electron chi connectivity index (χ0n) is 12.4. The van der Waals surface area contributed by atoms with E-state index in [0.29, 0.717) is 15.3 Å². The molecule has 0 amide bonds. The normalized spacial score (nSPS) is 16.3. The maximum absolute atomic E-state index is 12.6. The summed E-state index contributed by atoms with van der Waals surface area (Å²) in [7, 11) is 0. The van der Waals surface area contributed by atoms with E-state index in [1.807, 2.05) is 6.07 Å². The molecule has 0 saturated heterocycles. The van der Waals surface area contributed by atoms with Crippen molar-refractivity contribution in [2.75, 3.05) is 0 Å². The van der Waals surface area contributed by atoms with Crippen LogP contribution in [0.2, 0.25) is 10.0 Å². The Labute approximate surface area is 146 Å². The molecule has 0 fully saturated rings. The van der Waals surface area contributed by atoms with Crippen molar-refractivity contribution in [3.8, 4) is 11.8 Å². The molecule has 122 valence electrons. The first-order valence-corrected chi connectivity index (χ1v) is 7.59. The number of nitrogens with two attached hydrogens (primary N) is 1. The zero-order chi connectivity index (χ0) is 17.6. The minimum atomic E-state index is -0.866. The van der Waals surface area contributed by atoms with Gasteiger partial charge in [0.1, 0.15) is 17.4 Å². The molecule has 0 aliphatic carbocycles. The minimum absolute atomic E-state index is 0.0349. The number of fused-ring (bicyclic) bond motifs is 1. The van der Waals surface area contributed by atoms with Gasteiger partial charge in [-0.2, -0.15) is 9.99 Å². The Morgan fingerprint density at radius 1 is 1.38 bits per heavy atom. The lowest BCUT2D eigenvalue weighted by Gasteiger charge is -2.26. The summed E-state index contributed by atoms with van der Waals surface area (Å²) in [4.78, 5) is 12.6. The highest BCUT2D eigenvalue weighted by Gasteiger charge is 2.35. The van der Waals surface area contributed by atoms with E-state index in [1.54, 1.807) is 12.1 Å².